The first-order chi connectivity index (χ1) is 7.65. The van der Waals surface area contributed by atoms with Gasteiger partial charge in [0.25, 0.3) is 0 Å². The molecule has 2 amide bonds. The molecule has 0 bridgehead atoms. The molecule has 1 aromatic heterocycles. The average molecular weight is 237 g/mol. The fourth-order valence-electron chi connectivity index (χ4n) is 1.22. The number of hydrogen-bond acceptors (Lipinski definition) is 5. The first kappa shape index (κ1) is 10.8. The number of anilines is 1. The van der Waals surface area contributed by atoms with Gasteiger partial charge in [0.2, 0.25) is 0 Å². The van der Waals surface area contributed by atoms with Crippen molar-refractivity contribution < 1.29 is 4.79 Å². The van der Waals surface area contributed by atoms with E-state index < -0.39 is 0 Å². The molecule has 1 heterocycles. The Balaban J connectivity index is 2.11. The molecule has 2 aromatic rings. The van der Waals surface area contributed by atoms with Crippen molar-refractivity contribution in [2.24, 2.45) is 0 Å². The van der Waals surface area contributed by atoms with Gasteiger partial charge in [0.15, 0.2) is 0 Å². The Labute approximate surface area is 96.4 Å². The summed E-state index contributed by atoms with van der Waals surface area (Å²) in [4.78, 5) is 11.4. The minimum atomic E-state index is -0.285. The van der Waals surface area contributed by atoms with Gasteiger partial charge in [-0.25, -0.2) is 9.80 Å². The predicted octanol–water partition coefficient (Wildman–Crippen LogP) is 1.29. The molecule has 84 valence electrons. The van der Waals surface area contributed by atoms with Gasteiger partial charge in [0.1, 0.15) is 5.52 Å². The standard InChI is InChI=1S/C9H11N5OS/c1-14(2)12-9(15)10-6-3-4-8-7(5-6)11-13-16-8/h3-5H,1-2H3,(H2,10,12,15). The molecule has 0 aliphatic rings. The van der Waals surface area contributed by atoms with E-state index in [4.69, 9.17) is 0 Å². The van der Waals surface area contributed by atoms with Gasteiger partial charge in [-0.15, -0.1) is 5.10 Å². The van der Waals surface area contributed by atoms with Gasteiger partial charge < -0.3 is 5.32 Å². The summed E-state index contributed by atoms with van der Waals surface area (Å²) in [7, 11) is 3.49. The lowest BCUT2D eigenvalue weighted by Gasteiger charge is -2.12. The zero-order chi connectivity index (χ0) is 11.5. The zero-order valence-electron chi connectivity index (χ0n) is 8.89. The van der Waals surface area contributed by atoms with Crippen LogP contribution in [-0.4, -0.2) is 34.7 Å². The fraction of sp³-hybridized carbons (Fsp3) is 0.222. The van der Waals surface area contributed by atoms with Crippen LogP contribution in [0.3, 0.4) is 0 Å². The van der Waals surface area contributed by atoms with Crippen LogP contribution >= 0.6 is 11.5 Å². The quantitative estimate of drug-likeness (QED) is 0.772. The smallest absolute Gasteiger partial charge is 0.307 e. The third kappa shape index (κ3) is 2.44. The molecule has 0 unspecified atom stereocenters. The maximum atomic E-state index is 11.4. The number of aromatic nitrogens is 2. The van der Waals surface area contributed by atoms with E-state index in [2.05, 4.69) is 20.3 Å². The minimum absolute atomic E-state index is 0.285. The summed E-state index contributed by atoms with van der Waals surface area (Å²) in [6.45, 7) is 0. The van der Waals surface area contributed by atoms with E-state index in [0.29, 0.717) is 5.69 Å². The van der Waals surface area contributed by atoms with E-state index in [1.54, 1.807) is 25.2 Å². The highest BCUT2D eigenvalue weighted by molar-refractivity contribution is 7.12. The summed E-state index contributed by atoms with van der Waals surface area (Å²) in [6.07, 6.45) is 0. The highest BCUT2D eigenvalue weighted by Gasteiger charge is 2.04. The second-order valence-electron chi connectivity index (χ2n) is 3.42. The van der Waals surface area contributed by atoms with Crippen LogP contribution in [0.1, 0.15) is 0 Å². The number of amides is 2. The highest BCUT2D eigenvalue weighted by Crippen LogP contribution is 2.19. The first-order valence-electron chi connectivity index (χ1n) is 4.62. The van der Waals surface area contributed by atoms with Crippen LogP contribution in [-0.2, 0) is 0 Å². The van der Waals surface area contributed by atoms with Gasteiger partial charge in [-0.3, -0.25) is 5.43 Å². The Morgan fingerprint density at radius 3 is 3.00 bits per heavy atom. The molecule has 2 N–H and O–H groups in total. The van der Waals surface area contributed by atoms with Crippen molar-refractivity contribution in [3.05, 3.63) is 18.2 Å². The van der Waals surface area contributed by atoms with Gasteiger partial charge in [-0.2, -0.15) is 0 Å². The van der Waals surface area contributed by atoms with Crippen molar-refractivity contribution in [3.8, 4) is 0 Å². The third-order valence-corrected chi connectivity index (χ3v) is 2.53. The fourth-order valence-corrected chi connectivity index (χ4v) is 1.76. The number of hydrazine groups is 1. The number of nitrogens with one attached hydrogen (secondary N) is 2. The molecular formula is C9H11N5OS. The van der Waals surface area contributed by atoms with Crippen molar-refractivity contribution in [1.29, 1.82) is 0 Å². The molecule has 16 heavy (non-hydrogen) atoms. The summed E-state index contributed by atoms with van der Waals surface area (Å²) < 4.78 is 4.82. The number of hydrogen-bond donors (Lipinski definition) is 2. The Kier molecular flexibility index (Phi) is 2.97. The van der Waals surface area contributed by atoms with Crippen LogP contribution in [0.5, 0.6) is 0 Å². The molecular weight excluding hydrogens is 226 g/mol. The molecule has 0 spiro atoms. The lowest BCUT2D eigenvalue weighted by atomic mass is 10.3. The Bertz CT molecular complexity index is 509. The maximum absolute atomic E-state index is 11.4. The molecule has 0 saturated heterocycles. The molecule has 1 aromatic carbocycles. The molecule has 0 aliphatic carbocycles. The first-order valence-corrected chi connectivity index (χ1v) is 5.39. The largest absolute Gasteiger partial charge is 0.333 e. The van der Waals surface area contributed by atoms with E-state index in [1.165, 1.54) is 11.5 Å². The van der Waals surface area contributed by atoms with Crippen LogP contribution in [0.2, 0.25) is 0 Å². The van der Waals surface area contributed by atoms with E-state index >= 15 is 0 Å². The van der Waals surface area contributed by atoms with Crippen LogP contribution in [0.4, 0.5) is 10.5 Å². The van der Waals surface area contributed by atoms with Gasteiger partial charge in [0.05, 0.1) is 4.70 Å². The SMILES string of the molecule is CN(C)NC(=O)Nc1ccc2snnc2c1. The molecule has 0 atom stereocenters. The number of urea groups is 1. The van der Waals surface area contributed by atoms with Crippen LogP contribution in [0.15, 0.2) is 18.2 Å². The summed E-state index contributed by atoms with van der Waals surface area (Å²) in [5.74, 6) is 0. The van der Waals surface area contributed by atoms with Crippen molar-refractivity contribution in [2.45, 2.75) is 0 Å². The van der Waals surface area contributed by atoms with Crippen molar-refractivity contribution in [2.75, 3.05) is 19.4 Å². The van der Waals surface area contributed by atoms with Gasteiger partial charge >= 0.3 is 6.03 Å². The third-order valence-electron chi connectivity index (χ3n) is 1.83. The summed E-state index contributed by atoms with van der Waals surface area (Å²) in [5.41, 5.74) is 4.06. The Morgan fingerprint density at radius 1 is 1.44 bits per heavy atom. The van der Waals surface area contributed by atoms with Gasteiger partial charge in [-0.05, 0) is 29.7 Å². The molecule has 2 rings (SSSR count). The second-order valence-corrected chi connectivity index (χ2v) is 4.20. The minimum Gasteiger partial charge on any atom is -0.307 e. The molecule has 7 heteroatoms. The lowest BCUT2D eigenvalue weighted by molar-refractivity contribution is 0.224. The second kappa shape index (κ2) is 4.42. The highest BCUT2D eigenvalue weighted by atomic mass is 32.1. The summed E-state index contributed by atoms with van der Waals surface area (Å²) >= 11 is 1.33. The Morgan fingerprint density at radius 2 is 2.25 bits per heavy atom. The number of carbonyl (C=O) groups is 1. The van der Waals surface area contributed by atoms with Crippen LogP contribution in [0.25, 0.3) is 10.2 Å². The maximum Gasteiger partial charge on any atom is 0.333 e. The number of carbonyl (C=O) groups excluding carboxylic acids is 1. The molecule has 0 radical (unpaired) electrons. The molecule has 0 saturated carbocycles. The van der Waals surface area contributed by atoms with Gasteiger partial charge in [0, 0.05) is 19.8 Å². The predicted molar refractivity (Wildman–Crippen MR) is 63.3 cm³/mol. The normalized spacial score (nSPS) is 10.7. The van der Waals surface area contributed by atoms with Crippen LogP contribution in [0, 0.1) is 0 Å². The molecule has 0 fully saturated rings. The average Bonchev–Trinajstić information content (AvgIpc) is 2.63. The van der Waals surface area contributed by atoms with E-state index in [-0.39, 0.29) is 6.03 Å². The topological polar surface area (TPSA) is 70.2 Å². The van der Waals surface area contributed by atoms with Gasteiger partial charge in [-0.1, -0.05) is 4.49 Å². The van der Waals surface area contributed by atoms with E-state index in [1.807, 2.05) is 12.1 Å². The van der Waals surface area contributed by atoms with E-state index in [0.717, 1.165) is 10.2 Å². The monoisotopic (exact) mass is 237 g/mol. The zero-order valence-corrected chi connectivity index (χ0v) is 9.71. The Hall–Kier alpha value is -1.73. The van der Waals surface area contributed by atoms with Crippen molar-refractivity contribution >= 4 is 33.5 Å². The lowest BCUT2D eigenvalue weighted by Crippen LogP contribution is -2.39. The summed E-state index contributed by atoms with van der Waals surface area (Å²) in [6, 6.07) is 5.20. The van der Waals surface area contributed by atoms with E-state index in [9.17, 15) is 4.79 Å². The number of rotatable bonds is 2. The van der Waals surface area contributed by atoms with Crippen molar-refractivity contribution in [3.63, 3.8) is 0 Å². The molecule has 0 aliphatic heterocycles. The summed E-state index contributed by atoms with van der Waals surface area (Å²) in [5, 5.41) is 8.20. The number of nitrogens with zero attached hydrogens (tertiary/aromatic N) is 3. The number of benzene rings is 1. The molecule has 6 nitrogen and oxygen atoms in total. The van der Waals surface area contributed by atoms with Crippen molar-refractivity contribution in [1.82, 2.24) is 20.0 Å². The van der Waals surface area contributed by atoms with Crippen LogP contribution < -0.4 is 10.7 Å². The number of fused-ring (bicyclic) bond motifs is 1.